The molecule has 1 aliphatic carbocycles. The molecule has 1 amide bonds. The zero-order valence-electron chi connectivity index (χ0n) is 14.3. The second kappa shape index (κ2) is 6.61. The topological polar surface area (TPSA) is 75.3 Å². The molecule has 0 heterocycles. The number of hydrogen-bond donors (Lipinski definition) is 2. The van der Waals surface area contributed by atoms with Gasteiger partial charge in [-0.3, -0.25) is 4.79 Å². The number of carbonyl (C=O) groups excluding carboxylic acids is 1. The first-order valence-electron chi connectivity index (χ1n) is 8.00. The Bertz CT molecular complexity index is 696. The van der Waals surface area contributed by atoms with Gasteiger partial charge in [-0.1, -0.05) is 18.2 Å². The number of amides is 1. The highest BCUT2D eigenvalue weighted by molar-refractivity contribution is 7.88. The summed E-state index contributed by atoms with van der Waals surface area (Å²) in [6, 6.07) is 6.19. The zero-order valence-corrected chi connectivity index (χ0v) is 15.1. The van der Waals surface area contributed by atoms with Gasteiger partial charge in [0.2, 0.25) is 15.9 Å². The molecule has 0 unspecified atom stereocenters. The Hall–Kier alpha value is -1.40. The Kier molecular flexibility index (Phi) is 5.16. The van der Waals surface area contributed by atoms with Crippen LogP contribution < -0.4 is 10.0 Å². The molecule has 0 spiro atoms. The Morgan fingerprint density at radius 1 is 1.17 bits per heavy atom. The molecular weight excluding hydrogens is 312 g/mol. The molecule has 23 heavy (non-hydrogen) atoms. The molecule has 1 atom stereocenters. The van der Waals surface area contributed by atoms with Gasteiger partial charge in [-0.2, -0.15) is 0 Å². The molecule has 0 bridgehead atoms. The SMILES string of the molecule is C[C@H](NC(=O)C(C)(C)NS(C)(=O)=O)c1ccc2c(c1)CCCC2. The zero-order chi connectivity index (χ0) is 17.3. The fourth-order valence-electron chi connectivity index (χ4n) is 2.99. The lowest BCUT2D eigenvalue weighted by molar-refractivity contribution is -0.126. The smallest absolute Gasteiger partial charge is 0.241 e. The van der Waals surface area contributed by atoms with Gasteiger partial charge in [0.1, 0.15) is 5.54 Å². The van der Waals surface area contributed by atoms with Gasteiger partial charge < -0.3 is 5.32 Å². The van der Waals surface area contributed by atoms with Crippen LogP contribution in [0.15, 0.2) is 18.2 Å². The lowest BCUT2D eigenvalue weighted by Crippen LogP contribution is -2.54. The monoisotopic (exact) mass is 338 g/mol. The Labute approximate surface area is 138 Å². The highest BCUT2D eigenvalue weighted by Crippen LogP contribution is 2.25. The van der Waals surface area contributed by atoms with Crippen molar-refractivity contribution < 1.29 is 13.2 Å². The van der Waals surface area contributed by atoms with Gasteiger partial charge in [0.15, 0.2) is 0 Å². The summed E-state index contributed by atoms with van der Waals surface area (Å²) in [7, 11) is -3.45. The van der Waals surface area contributed by atoms with Gasteiger partial charge in [-0.15, -0.1) is 0 Å². The third kappa shape index (κ3) is 4.78. The minimum absolute atomic E-state index is 0.171. The molecular formula is C17H26N2O3S. The van der Waals surface area contributed by atoms with Crippen LogP contribution in [0.5, 0.6) is 0 Å². The number of fused-ring (bicyclic) bond motifs is 1. The number of aryl methyl sites for hydroxylation is 2. The average molecular weight is 338 g/mol. The number of nitrogens with one attached hydrogen (secondary N) is 2. The second-order valence-electron chi connectivity index (χ2n) is 6.93. The van der Waals surface area contributed by atoms with Crippen molar-refractivity contribution in [1.29, 1.82) is 0 Å². The lowest BCUT2D eigenvalue weighted by atomic mass is 9.89. The van der Waals surface area contributed by atoms with Crippen LogP contribution in [0.25, 0.3) is 0 Å². The van der Waals surface area contributed by atoms with Crippen molar-refractivity contribution in [2.24, 2.45) is 0 Å². The largest absolute Gasteiger partial charge is 0.348 e. The van der Waals surface area contributed by atoms with E-state index in [-0.39, 0.29) is 11.9 Å². The molecule has 1 aromatic rings. The van der Waals surface area contributed by atoms with Crippen LogP contribution >= 0.6 is 0 Å². The van der Waals surface area contributed by atoms with Crippen molar-refractivity contribution in [2.75, 3.05) is 6.26 Å². The number of hydrogen-bond acceptors (Lipinski definition) is 3. The van der Waals surface area contributed by atoms with E-state index in [4.69, 9.17) is 0 Å². The van der Waals surface area contributed by atoms with Crippen LogP contribution in [0.4, 0.5) is 0 Å². The van der Waals surface area contributed by atoms with E-state index in [1.54, 1.807) is 13.8 Å². The van der Waals surface area contributed by atoms with Crippen LogP contribution in [0.1, 0.15) is 56.3 Å². The fourth-order valence-corrected chi connectivity index (χ4v) is 4.01. The van der Waals surface area contributed by atoms with Crippen LogP contribution in [0.2, 0.25) is 0 Å². The van der Waals surface area contributed by atoms with Crippen molar-refractivity contribution in [3.05, 3.63) is 34.9 Å². The standard InChI is InChI=1S/C17H26N2O3S/c1-12(18-16(20)17(2,3)19-23(4,21)22)14-10-9-13-7-5-6-8-15(13)11-14/h9-12,19H,5-8H2,1-4H3,(H,18,20)/t12-/m0/s1. The molecule has 1 aromatic carbocycles. The Morgan fingerprint density at radius 2 is 1.78 bits per heavy atom. The maximum absolute atomic E-state index is 12.4. The van der Waals surface area contributed by atoms with Crippen LogP contribution in [-0.2, 0) is 27.7 Å². The molecule has 2 N–H and O–H groups in total. The quantitative estimate of drug-likeness (QED) is 0.863. The molecule has 6 heteroatoms. The van der Waals surface area contributed by atoms with E-state index in [1.165, 1.54) is 24.0 Å². The number of rotatable bonds is 5. The first-order chi connectivity index (χ1) is 10.6. The van der Waals surface area contributed by atoms with Gasteiger partial charge in [-0.25, -0.2) is 13.1 Å². The molecule has 1 aliphatic rings. The van der Waals surface area contributed by atoms with E-state index in [2.05, 4.69) is 22.2 Å². The Balaban J connectivity index is 2.09. The molecule has 0 aliphatic heterocycles. The maximum atomic E-state index is 12.4. The first-order valence-corrected chi connectivity index (χ1v) is 9.89. The molecule has 5 nitrogen and oxygen atoms in total. The first kappa shape index (κ1) is 17.9. The highest BCUT2D eigenvalue weighted by Gasteiger charge is 2.31. The summed E-state index contributed by atoms with van der Waals surface area (Å²) in [4.78, 5) is 12.4. The molecule has 0 fully saturated rings. The number of benzene rings is 1. The minimum Gasteiger partial charge on any atom is -0.348 e. The highest BCUT2D eigenvalue weighted by atomic mass is 32.2. The summed E-state index contributed by atoms with van der Waals surface area (Å²) in [5.41, 5.74) is 2.63. The van der Waals surface area contributed by atoms with Gasteiger partial charge >= 0.3 is 0 Å². The average Bonchev–Trinajstić information content (AvgIpc) is 2.44. The number of sulfonamides is 1. The summed E-state index contributed by atoms with van der Waals surface area (Å²) in [6.45, 7) is 5.03. The number of carbonyl (C=O) groups is 1. The Morgan fingerprint density at radius 3 is 2.39 bits per heavy atom. The van der Waals surface area contributed by atoms with Gasteiger partial charge in [0.05, 0.1) is 12.3 Å². The predicted octanol–water partition coefficient (Wildman–Crippen LogP) is 2.07. The van der Waals surface area contributed by atoms with E-state index >= 15 is 0 Å². The van der Waals surface area contributed by atoms with Gasteiger partial charge in [-0.05, 0) is 63.1 Å². The minimum atomic E-state index is -3.45. The molecule has 2 rings (SSSR count). The molecule has 0 saturated carbocycles. The van der Waals surface area contributed by atoms with Crippen molar-refractivity contribution in [3.8, 4) is 0 Å². The summed E-state index contributed by atoms with van der Waals surface area (Å²) in [5, 5.41) is 2.90. The summed E-state index contributed by atoms with van der Waals surface area (Å²) >= 11 is 0. The van der Waals surface area contributed by atoms with E-state index in [9.17, 15) is 13.2 Å². The van der Waals surface area contributed by atoms with Crippen LogP contribution in [0, 0.1) is 0 Å². The third-order valence-electron chi connectivity index (χ3n) is 4.23. The van der Waals surface area contributed by atoms with E-state index in [1.807, 2.05) is 13.0 Å². The van der Waals surface area contributed by atoms with Gasteiger partial charge in [0.25, 0.3) is 0 Å². The van der Waals surface area contributed by atoms with Gasteiger partial charge in [0, 0.05) is 0 Å². The molecule has 0 radical (unpaired) electrons. The summed E-state index contributed by atoms with van der Waals surface area (Å²) in [6.07, 6.45) is 5.72. The molecule has 128 valence electrons. The summed E-state index contributed by atoms with van der Waals surface area (Å²) in [5.74, 6) is -0.340. The summed E-state index contributed by atoms with van der Waals surface area (Å²) < 4.78 is 25.1. The third-order valence-corrected chi connectivity index (χ3v) is 5.11. The van der Waals surface area contributed by atoms with Crippen molar-refractivity contribution in [1.82, 2.24) is 10.0 Å². The van der Waals surface area contributed by atoms with Crippen molar-refractivity contribution in [2.45, 2.75) is 58.0 Å². The fraction of sp³-hybridized carbons (Fsp3) is 0.588. The van der Waals surface area contributed by atoms with Crippen LogP contribution in [-0.4, -0.2) is 26.1 Å². The second-order valence-corrected chi connectivity index (χ2v) is 8.68. The van der Waals surface area contributed by atoms with E-state index in [0.29, 0.717) is 0 Å². The molecule has 0 saturated heterocycles. The normalized spacial score (nSPS) is 16.5. The lowest BCUT2D eigenvalue weighted by Gasteiger charge is -2.27. The molecule has 0 aromatic heterocycles. The predicted molar refractivity (Wildman–Crippen MR) is 91.7 cm³/mol. The van der Waals surface area contributed by atoms with E-state index < -0.39 is 15.6 Å². The van der Waals surface area contributed by atoms with Crippen molar-refractivity contribution in [3.63, 3.8) is 0 Å². The van der Waals surface area contributed by atoms with E-state index in [0.717, 1.165) is 24.7 Å². The van der Waals surface area contributed by atoms with Crippen LogP contribution in [0.3, 0.4) is 0 Å². The van der Waals surface area contributed by atoms with Crippen molar-refractivity contribution >= 4 is 15.9 Å². The maximum Gasteiger partial charge on any atom is 0.241 e.